The summed E-state index contributed by atoms with van der Waals surface area (Å²) in [5, 5.41) is 2.98. The smallest absolute Gasteiger partial charge is 0.306 e. The fourth-order valence-corrected chi connectivity index (χ4v) is 8.52. The van der Waals surface area contributed by atoms with Gasteiger partial charge in [0, 0.05) is 12.8 Å². The summed E-state index contributed by atoms with van der Waals surface area (Å²) >= 11 is 0. The van der Waals surface area contributed by atoms with Crippen molar-refractivity contribution in [1.82, 2.24) is 5.32 Å². The Morgan fingerprint density at radius 2 is 0.942 bits per heavy atom. The van der Waals surface area contributed by atoms with E-state index in [1.807, 2.05) is 33.3 Å². The van der Waals surface area contributed by atoms with Gasteiger partial charge in [-0.2, -0.15) is 0 Å². The molecular formula is C59H107N2O7P. The number of ether oxygens (including phenoxy) is 1. The number of rotatable bonds is 50. The predicted molar refractivity (Wildman–Crippen MR) is 293 cm³/mol. The van der Waals surface area contributed by atoms with Gasteiger partial charge in [-0.05, 0) is 70.3 Å². The Kier molecular flexibility index (Phi) is 47.2. The minimum atomic E-state index is -4.71. The highest BCUT2D eigenvalue weighted by atomic mass is 31.2. The van der Waals surface area contributed by atoms with Crippen molar-refractivity contribution in [3.63, 3.8) is 0 Å². The molecule has 0 aromatic heterocycles. The van der Waals surface area contributed by atoms with E-state index in [9.17, 15) is 19.0 Å². The van der Waals surface area contributed by atoms with Gasteiger partial charge in [0.2, 0.25) is 5.91 Å². The third-order valence-electron chi connectivity index (χ3n) is 12.2. The lowest BCUT2D eigenvalue weighted by Crippen LogP contribution is -2.47. The van der Waals surface area contributed by atoms with Crippen molar-refractivity contribution < 1.29 is 37.3 Å². The van der Waals surface area contributed by atoms with Crippen LogP contribution in [0.5, 0.6) is 0 Å². The van der Waals surface area contributed by atoms with Crippen LogP contribution in [0.4, 0.5) is 0 Å². The average molecular weight is 987 g/mol. The summed E-state index contributed by atoms with van der Waals surface area (Å²) in [6, 6.07) is -0.917. The van der Waals surface area contributed by atoms with Crippen LogP contribution in [0.2, 0.25) is 0 Å². The Balaban J connectivity index is 5.42. The molecule has 3 atom stereocenters. The molecule has 3 unspecified atom stereocenters. The van der Waals surface area contributed by atoms with Crippen LogP contribution >= 0.6 is 7.82 Å². The third kappa shape index (κ3) is 50.2. The van der Waals surface area contributed by atoms with Gasteiger partial charge in [-0.15, -0.1) is 0 Å². The Bertz CT molecular complexity index is 1420. The molecule has 0 aliphatic carbocycles. The summed E-state index contributed by atoms with van der Waals surface area (Å²) in [5.41, 5.74) is 0. The molecule has 400 valence electrons. The number of nitrogens with one attached hydrogen (secondary N) is 1. The standard InChI is InChI=1S/C59H107N2O7P/c1-7-10-13-16-19-22-25-27-29-30-32-33-36-39-42-45-48-51-58(62)60-56(55-67-69(64,65)66-54-53-61(4,5)6)57(50-47-44-41-38-35-24-21-18-15-12-9-3)68-59(63)52-49-46-43-40-37-34-31-28-26-23-20-17-14-11-8-2/h10,13,19,22,27,29,32-33,39,42,47,50,56-57H,7-9,11-12,14-18,20-21,23-26,28,30-31,34-38,40-41,43-46,48-49,51-55H2,1-6H3,(H-,60,62,64,65)/b13-10-,22-19-,29-27-,33-32-,42-39-,50-47+. The molecule has 9 nitrogen and oxygen atoms in total. The molecule has 0 saturated carbocycles. The number of unbranched alkanes of at least 4 members (excludes halogenated alkanes) is 24. The van der Waals surface area contributed by atoms with Gasteiger partial charge in [0.05, 0.1) is 33.8 Å². The van der Waals surface area contributed by atoms with Crippen LogP contribution in [0.25, 0.3) is 0 Å². The summed E-state index contributed by atoms with van der Waals surface area (Å²) in [7, 11) is 1.14. The highest BCUT2D eigenvalue weighted by Gasteiger charge is 2.27. The van der Waals surface area contributed by atoms with Crippen molar-refractivity contribution in [2.75, 3.05) is 40.9 Å². The Morgan fingerprint density at radius 3 is 1.41 bits per heavy atom. The van der Waals surface area contributed by atoms with Gasteiger partial charge in [-0.3, -0.25) is 14.2 Å². The highest BCUT2D eigenvalue weighted by Crippen LogP contribution is 2.38. The largest absolute Gasteiger partial charge is 0.756 e. The lowest BCUT2D eigenvalue weighted by atomic mass is 10.0. The second-order valence-electron chi connectivity index (χ2n) is 20.1. The molecule has 0 aliphatic rings. The SMILES string of the molecule is CC/C=C\C/C=C\C/C=C\C/C=C\C/C=C\CCCC(=O)NC(COP(=O)([O-])OCC[N+](C)(C)C)C(/C=C/CCCCCCCCCCC)OC(=O)CCCCCCCCCCCCCCCCC. The highest BCUT2D eigenvalue weighted by molar-refractivity contribution is 7.45. The van der Waals surface area contributed by atoms with E-state index in [4.69, 9.17) is 13.8 Å². The van der Waals surface area contributed by atoms with E-state index >= 15 is 0 Å². The van der Waals surface area contributed by atoms with Crippen LogP contribution in [0.3, 0.4) is 0 Å². The first-order valence-corrected chi connectivity index (χ1v) is 29.7. The van der Waals surface area contributed by atoms with Crippen molar-refractivity contribution in [3.8, 4) is 0 Å². The van der Waals surface area contributed by atoms with E-state index in [0.717, 1.165) is 77.0 Å². The first-order valence-electron chi connectivity index (χ1n) is 28.2. The number of carbonyl (C=O) groups excluding carboxylic acids is 2. The quantitative estimate of drug-likeness (QED) is 0.0212. The van der Waals surface area contributed by atoms with Crippen LogP contribution in [0.15, 0.2) is 72.9 Å². The summed E-state index contributed by atoms with van der Waals surface area (Å²) in [6.45, 7) is 6.67. The minimum Gasteiger partial charge on any atom is -0.756 e. The van der Waals surface area contributed by atoms with Gasteiger partial charge in [0.1, 0.15) is 19.3 Å². The maximum atomic E-state index is 13.4. The van der Waals surface area contributed by atoms with Gasteiger partial charge < -0.3 is 28.5 Å². The average Bonchev–Trinajstić information content (AvgIpc) is 3.31. The van der Waals surface area contributed by atoms with Crippen LogP contribution in [-0.2, 0) is 27.9 Å². The number of phosphoric ester groups is 1. The summed E-state index contributed by atoms with van der Waals surface area (Å²) in [6.07, 6.45) is 61.6. The Labute approximate surface area is 425 Å². The normalized spacial score (nSPS) is 14.4. The molecule has 0 saturated heterocycles. The molecule has 0 aromatic carbocycles. The molecular weight excluding hydrogens is 880 g/mol. The molecule has 1 N–H and O–H groups in total. The van der Waals surface area contributed by atoms with Gasteiger partial charge >= 0.3 is 5.97 Å². The lowest BCUT2D eigenvalue weighted by molar-refractivity contribution is -0.870. The van der Waals surface area contributed by atoms with E-state index in [0.29, 0.717) is 17.4 Å². The second kappa shape index (κ2) is 49.0. The van der Waals surface area contributed by atoms with Gasteiger partial charge in [0.25, 0.3) is 7.82 Å². The van der Waals surface area contributed by atoms with Crippen molar-refractivity contribution >= 4 is 19.7 Å². The molecule has 0 spiro atoms. The second-order valence-corrected chi connectivity index (χ2v) is 21.5. The number of amides is 1. The molecule has 69 heavy (non-hydrogen) atoms. The Morgan fingerprint density at radius 1 is 0.522 bits per heavy atom. The molecule has 1 amide bonds. The van der Waals surface area contributed by atoms with Crippen LogP contribution in [0, 0.1) is 0 Å². The predicted octanol–water partition coefficient (Wildman–Crippen LogP) is 16.3. The topological polar surface area (TPSA) is 114 Å². The molecule has 0 bridgehead atoms. The lowest BCUT2D eigenvalue weighted by Gasteiger charge is -2.30. The van der Waals surface area contributed by atoms with Gasteiger partial charge in [0.15, 0.2) is 0 Å². The maximum absolute atomic E-state index is 13.4. The fourth-order valence-electron chi connectivity index (χ4n) is 7.79. The van der Waals surface area contributed by atoms with E-state index in [1.54, 1.807) is 0 Å². The number of esters is 1. The number of quaternary nitrogens is 1. The van der Waals surface area contributed by atoms with Crippen LogP contribution in [-0.4, -0.2) is 69.4 Å². The monoisotopic (exact) mass is 987 g/mol. The Hall–Kier alpha value is -2.55. The van der Waals surface area contributed by atoms with E-state index in [-0.39, 0.29) is 31.3 Å². The molecule has 0 aromatic rings. The van der Waals surface area contributed by atoms with Crippen LogP contribution < -0.4 is 10.2 Å². The minimum absolute atomic E-state index is 0.0343. The maximum Gasteiger partial charge on any atom is 0.306 e. The number of carbonyl (C=O) groups is 2. The molecule has 0 aliphatic heterocycles. The van der Waals surface area contributed by atoms with E-state index in [1.165, 1.54) is 122 Å². The summed E-state index contributed by atoms with van der Waals surface area (Å²) in [5.74, 6) is -0.608. The first kappa shape index (κ1) is 66.5. The molecule has 0 heterocycles. The summed E-state index contributed by atoms with van der Waals surface area (Å²) < 4.78 is 30.2. The number of hydrogen-bond donors (Lipinski definition) is 1. The van der Waals surface area contributed by atoms with Crippen molar-refractivity contribution in [2.24, 2.45) is 0 Å². The number of nitrogens with zero attached hydrogens (tertiary/aromatic N) is 1. The number of likely N-dealkylation sites (N-methyl/N-ethyl adjacent to an activating group) is 1. The molecule has 10 heteroatoms. The zero-order chi connectivity index (χ0) is 50.8. The zero-order valence-corrected chi connectivity index (χ0v) is 46.4. The van der Waals surface area contributed by atoms with Gasteiger partial charge in [-0.1, -0.05) is 229 Å². The van der Waals surface area contributed by atoms with Crippen molar-refractivity contribution in [2.45, 2.75) is 251 Å². The third-order valence-corrected chi connectivity index (χ3v) is 13.1. The van der Waals surface area contributed by atoms with E-state index < -0.39 is 26.6 Å². The van der Waals surface area contributed by atoms with Gasteiger partial charge in [-0.25, -0.2) is 0 Å². The van der Waals surface area contributed by atoms with E-state index in [2.05, 4.69) is 86.8 Å². The van der Waals surface area contributed by atoms with Crippen LogP contribution in [0.1, 0.15) is 239 Å². The number of phosphoric acid groups is 1. The molecule has 0 radical (unpaired) electrons. The zero-order valence-electron chi connectivity index (χ0n) is 45.5. The number of allylic oxidation sites excluding steroid dienone is 11. The molecule has 0 fully saturated rings. The first-order chi connectivity index (χ1) is 33.4. The molecule has 0 rings (SSSR count). The van der Waals surface area contributed by atoms with Crippen molar-refractivity contribution in [1.29, 1.82) is 0 Å². The van der Waals surface area contributed by atoms with Crippen molar-refractivity contribution in [3.05, 3.63) is 72.9 Å². The fraction of sp³-hybridized carbons (Fsp3) is 0.763. The number of hydrogen-bond acceptors (Lipinski definition) is 7. The summed E-state index contributed by atoms with van der Waals surface area (Å²) in [4.78, 5) is 39.8.